The van der Waals surface area contributed by atoms with E-state index in [9.17, 15) is 8.42 Å². The quantitative estimate of drug-likeness (QED) is 0.767. The molecule has 0 fully saturated rings. The molecule has 6 heteroatoms. The molecule has 0 amide bonds. The molecule has 0 saturated carbocycles. The summed E-state index contributed by atoms with van der Waals surface area (Å²) in [6, 6.07) is 14.5. The van der Waals surface area contributed by atoms with Crippen molar-refractivity contribution in [1.29, 1.82) is 0 Å². The smallest absolute Gasteiger partial charge is 0.210 e. The summed E-state index contributed by atoms with van der Waals surface area (Å²) in [6.45, 7) is 2.46. The lowest BCUT2D eigenvalue weighted by Gasteiger charge is -2.07. The maximum Gasteiger partial charge on any atom is 0.240 e. The van der Waals surface area contributed by atoms with E-state index in [1.165, 1.54) is 23.3 Å². The standard InChI is InChI=1S/C16H18ClNO2S2/c1-13-2-4-14(5-3-13)12-21-11-10-18-22(19,20)16-8-6-15(17)7-9-16/h2-9,18H,10-12H2,1H3. The maximum atomic E-state index is 12.1. The van der Waals surface area contributed by atoms with Gasteiger partial charge >= 0.3 is 0 Å². The Bertz CT molecular complexity index is 698. The van der Waals surface area contributed by atoms with Gasteiger partial charge < -0.3 is 0 Å². The van der Waals surface area contributed by atoms with Crippen LogP contribution >= 0.6 is 23.4 Å². The molecule has 0 heterocycles. The van der Waals surface area contributed by atoms with Crippen LogP contribution in [0, 0.1) is 6.92 Å². The number of sulfonamides is 1. The number of aryl methyl sites for hydroxylation is 1. The first-order chi connectivity index (χ1) is 10.5. The Labute approximate surface area is 141 Å². The van der Waals surface area contributed by atoms with Crippen LogP contribution < -0.4 is 4.72 Å². The second-order valence-corrected chi connectivity index (χ2v) is 8.20. The van der Waals surface area contributed by atoms with Crippen LogP contribution in [-0.4, -0.2) is 20.7 Å². The lowest BCUT2D eigenvalue weighted by atomic mass is 10.2. The van der Waals surface area contributed by atoms with Gasteiger partial charge in [0.25, 0.3) is 0 Å². The fourth-order valence-corrected chi connectivity index (χ4v) is 3.93. The molecule has 0 aromatic heterocycles. The minimum Gasteiger partial charge on any atom is -0.210 e. The van der Waals surface area contributed by atoms with E-state index < -0.39 is 10.0 Å². The third-order valence-electron chi connectivity index (χ3n) is 3.05. The number of hydrogen-bond acceptors (Lipinski definition) is 3. The monoisotopic (exact) mass is 355 g/mol. The molecule has 2 aromatic rings. The highest BCUT2D eigenvalue weighted by atomic mass is 35.5. The van der Waals surface area contributed by atoms with Gasteiger partial charge in [0.2, 0.25) is 10.0 Å². The highest BCUT2D eigenvalue weighted by Gasteiger charge is 2.12. The molecule has 0 aliphatic rings. The van der Waals surface area contributed by atoms with E-state index in [1.54, 1.807) is 23.9 Å². The summed E-state index contributed by atoms with van der Waals surface area (Å²) in [7, 11) is -3.45. The SMILES string of the molecule is Cc1ccc(CSCCNS(=O)(=O)c2ccc(Cl)cc2)cc1. The van der Waals surface area contributed by atoms with Crippen LogP contribution in [0.5, 0.6) is 0 Å². The van der Waals surface area contributed by atoms with Gasteiger partial charge in [-0.1, -0.05) is 41.4 Å². The van der Waals surface area contributed by atoms with Crippen molar-refractivity contribution in [2.24, 2.45) is 0 Å². The highest BCUT2D eigenvalue weighted by Crippen LogP contribution is 2.15. The van der Waals surface area contributed by atoms with Crippen molar-refractivity contribution in [3.05, 3.63) is 64.7 Å². The van der Waals surface area contributed by atoms with Gasteiger partial charge in [-0.05, 0) is 36.8 Å². The van der Waals surface area contributed by atoms with Gasteiger partial charge in [0.05, 0.1) is 4.90 Å². The van der Waals surface area contributed by atoms with Crippen molar-refractivity contribution in [1.82, 2.24) is 4.72 Å². The van der Waals surface area contributed by atoms with E-state index in [0.717, 1.165) is 11.5 Å². The predicted molar refractivity (Wildman–Crippen MR) is 94.0 cm³/mol. The first-order valence-corrected chi connectivity index (χ1v) is 9.87. The maximum absolute atomic E-state index is 12.1. The molecule has 0 radical (unpaired) electrons. The van der Waals surface area contributed by atoms with Crippen molar-refractivity contribution in [2.45, 2.75) is 17.6 Å². The molecule has 0 atom stereocenters. The van der Waals surface area contributed by atoms with Crippen LogP contribution in [0.1, 0.15) is 11.1 Å². The Morgan fingerprint density at radius 2 is 1.68 bits per heavy atom. The summed E-state index contributed by atoms with van der Waals surface area (Å²) in [6.07, 6.45) is 0. The van der Waals surface area contributed by atoms with Crippen molar-refractivity contribution in [3.63, 3.8) is 0 Å². The van der Waals surface area contributed by atoms with E-state index in [4.69, 9.17) is 11.6 Å². The summed E-state index contributed by atoms with van der Waals surface area (Å²) < 4.78 is 26.7. The third-order valence-corrected chi connectivity index (χ3v) is 5.81. The normalized spacial score (nSPS) is 11.5. The van der Waals surface area contributed by atoms with Crippen LogP contribution in [0.4, 0.5) is 0 Å². The van der Waals surface area contributed by atoms with E-state index in [-0.39, 0.29) is 4.90 Å². The van der Waals surface area contributed by atoms with Crippen LogP contribution in [0.3, 0.4) is 0 Å². The molecular weight excluding hydrogens is 338 g/mol. The summed E-state index contributed by atoms with van der Waals surface area (Å²) in [5.74, 6) is 1.60. The molecule has 22 heavy (non-hydrogen) atoms. The molecule has 3 nitrogen and oxygen atoms in total. The van der Waals surface area contributed by atoms with Crippen molar-refractivity contribution >= 4 is 33.4 Å². The number of hydrogen-bond donors (Lipinski definition) is 1. The van der Waals surface area contributed by atoms with Gasteiger partial charge in [0, 0.05) is 23.1 Å². The fourth-order valence-electron chi connectivity index (χ4n) is 1.82. The van der Waals surface area contributed by atoms with Crippen LogP contribution in [0.15, 0.2) is 53.4 Å². The minimum absolute atomic E-state index is 0.237. The highest BCUT2D eigenvalue weighted by molar-refractivity contribution is 7.98. The number of rotatable bonds is 7. The zero-order valence-electron chi connectivity index (χ0n) is 12.3. The Hall–Kier alpha value is -1.01. The lowest BCUT2D eigenvalue weighted by molar-refractivity contribution is 0.584. The first kappa shape index (κ1) is 17.3. The summed E-state index contributed by atoms with van der Waals surface area (Å²) in [5.41, 5.74) is 2.49. The van der Waals surface area contributed by atoms with Gasteiger partial charge in [0.1, 0.15) is 0 Å². The van der Waals surface area contributed by atoms with Crippen LogP contribution in [0.2, 0.25) is 5.02 Å². The average molecular weight is 356 g/mol. The molecule has 0 unspecified atom stereocenters. The van der Waals surface area contributed by atoms with Crippen LogP contribution in [-0.2, 0) is 15.8 Å². The zero-order valence-corrected chi connectivity index (χ0v) is 14.6. The number of thioether (sulfide) groups is 1. The summed E-state index contributed by atoms with van der Waals surface area (Å²) in [5, 5.41) is 0.521. The Balaban J connectivity index is 1.76. The molecule has 0 aliphatic heterocycles. The lowest BCUT2D eigenvalue weighted by Crippen LogP contribution is -2.26. The molecule has 2 aromatic carbocycles. The zero-order chi connectivity index (χ0) is 16.0. The molecule has 0 saturated heterocycles. The van der Waals surface area contributed by atoms with Crippen molar-refractivity contribution in [3.8, 4) is 0 Å². The second kappa shape index (κ2) is 8.02. The number of nitrogens with one attached hydrogen (secondary N) is 1. The molecule has 1 N–H and O–H groups in total. The van der Waals surface area contributed by atoms with E-state index in [0.29, 0.717) is 11.6 Å². The average Bonchev–Trinajstić information content (AvgIpc) is 2.49. The largest absolute Gasteiger partial charge is 0.240 e. The Kier molecular flexibility index (Phi) is 6.32. The predicted octanol–water partition coefficient (Wildman–Crippen LogP) is 3.86. The van der Waals surface area contributed by atoms with Gasteiger partial charge in [-0.15, -0.1) is 0 Å². The summed E-state index contributed by atoms with van der Waals surface area (Å²) in [4.78, 5) is 0.237. The summed E-state index contributed by atoms with van der Waals surface area (Å²) >= 11 is 7.46. The Morgan fingerprint density at radius 1 is 1.05 bits per heavy atom. The van der Waals surface area contributed by atoms with Gasteiger partial charge in [0.15, 0.2) is 0 Å². The molecule has 2 rings (SSSR count). The number of benzene rings is 2. The van der Waals surface area contributed by atoms with Gasteiger partial charge in [-0.2, -0.15) is 11.8 Å². The fraction of sp³-hybridized carbons (Fsp3) is 0.250. The molecule has 0 spiro atoms. The molecule has 0 aliphatic carbocycles. The molecule has 118 valence electrons. The molecular formula is C16H18ClNO2S2. The third kappa shape index (κ3) is 5.32. The Morgan fingerprint density at radius 3 is 2.32 bits per heavy atom. The van der Waals surface area contributed by atoms with Gasteiger partial charge in [-0.3, -0.25) is 0 Å². The first-order valence-electron chi connectivity index (χ1n) is 6.86. The topological polar surface area (TPSA) is 46.2 Å². The van der Waals surface area contributed by atoms with Gasteiger partial charge in [-0.25, -0.2) is 13.1 Å². The van der Waals surface area contributed by atoms with E-state index in [1.807, 2.05) is 0 Å². The van der Waals surface area contributed by atoms with E-state index >= 15 is 0 Å². The van der Waals surface area contributed by atoms with Crippen LogP contribution in [0.25, 0.3) is 0 Å². The van der Waals surface area contributed by atoms with Crippen molar-refractivity contribution in [2.75, 3.05) is 12.3 Å². The van der Waals surface area contributed by atoms with Crippen molar-refractivity contribution < 1.29 is 8.42 Å². The second-order valence-electron chi connectivity index (χ2n) is 4.89. The number of halogens is 1. The minimum atomic E-state index is -3.45. The molecule has 0 bridgehead atoms. The van der Waals surface area contributed by atoms with E-state index in [2.05, 4.69) is 35.9 Å².